The van der Waals surface area contributed by atoms with Crippen molar-refractivity contribution in [3.63, 3.8) is 0 Å². The van der Waals surface area contributed by atoms with E-state index in [1.807, 2.05) is 0 Å². The fourth-order valence-corrected chi connectivity index (χ4v) is 2.37. The van der Waals surface area contributed by atoms with Crippen LogP contribution in [0.3, 0.4) is 0 Å². The Morgan fingerprint density at radius 2 is 1.96 bits per heavy atom. The Bertz CT molecular complexity index is 766. The lowest BCUT2D eigenvalue weighted by Crippen LogP contribution is -2.16. The Morgan fingerprint density at radius 1 is 1.21 bits per heavy atom. The predicted molar refractivity (Wildman–Crippen MR) is 88.1 cm³/mol. The number of hydrogen-bond acceptors (Lipinski definition) is 5. The largest absolute Gasteiger partial charge is 0.396 e. The number of benzene rings is 2. The molecule has 0 aliphatic carbocycles. The van der Waals surface area contributed by atoms with Gasteiger partial charge in [0.1, 0.15) is 0 Å². The fourth-order valence-electron chi connectivity index (χ4n) is 2.37. The summed E-state index contributed by atoms with van der Waals surface area (Å²) < 4.78 is 0. The maximum Gasteiger partial charge on any atom is 0.256 e. The van der Waals surface area contributed by atoms with Crippen molar-refractivity contribution in [1.82, 2.24) is 0 Å². The summed E-state index contributed by atoms with van der Waals surface area (Å²) in [6.45, 7) is 0.0453. The van der Waals surface area contributed by atoms with Crippen molar-refractivity contribution in [3.05, 3.63) is 64.7 Å². The average molecular weight is 326 g/mol. The third kappa shape index (κ3) is 4.18. The molecule has 4 N–H and O–H groups in total. The van der Waals surface area contributed by atoms with Gasteiger partial charge in [0.2, 0.25) is 0 Å². The number of carbonyl (C=O) groups excluding carboxylic acids is 1. The minimum absolute atomic E-state index is 0.0453. The summed E-state index contributed by atoms with van der Waals surface area (Å²) in [6, 6.07) is 13.2. The summed E-state index contributed by atoms with van der Waals surface area (Å²) in [6.07, 6.45) is -0.613. The molecule has 124 valence electrons. The zero-order valence-electron chi connectivity index (χ0n) is 12.9. The number of carbonyl (C=O) groups is 1. The van der Waals surface area contributed by atoms with Crippen LogP contribution in [0, 0.1) is 11.3 Å². The van der Waals surface area contributed by atoms with Gasteiger partial charge in [-0.3, -0.25) is 4.79 Å². The molecule has 0 saturated carbocycles. The molecule has 1 amide bonds. The third-order valence-electron chi connectivity index (χ3n) is 3.58. The van der Waals surface area contributed by atoms with Gasteiger partial charge in [0.05, 0.1) is 11.6 Å². The van der Waals surface area contributed by atoms with Crippen molar-refractivity contribution >= 4 is 11.6 Å². The van der Waals surface area contributed by atoms with Crippen LogP contribution in [0.2, 0.25) is 0 Å². The zero-order valence-corrected chi connectivity index (χ0v) is 12.9. The quantitative estimate of drug-likeness (QED) is 0.604. The van der Waals surface area contributed by atoms with Crippen LogP contribution < -0.4 is 5.32 Å². The average Bonchev–Trinajstić information content (AvgIpc) is 2.60. The SMILES string of the molecule is N#Cc1cc(NC(=O)c2ccccc2C(O)O)ccc1CCCO. The molecule has 0 bridgehead atoms. The van der Waals surface area contributed by atoms with E-state index in [-0.39, 0.29) is 17.7 Å². The lowest BCUT2D eigenvalue weighted by molar-refractivity contribution is -0.0429. The van der Waals surface area contributed by atoms with Crippen molar-refractivity contribution < 1.29 is 20.1 Å². The Kier molecular flexibility index (Phi) is 6.04. The van der Waals surface area contributed by atoms with Gasteiger partial charge in [-0.2, -0.15) is 5.26 Å². The molecule has 2 aromatic rings. The van der Waals surface area contributed by atoms with Crippen LogP contribution >= 0.6 is 0 Å². The van der Waals surface area contributed by atoms with Crippen LogP contribution in [-0.4, -0.2) is 27.8 Å². The van der Waals surface area contributed by atoms with E-state index < -0.39 is 12.2 Å². The van der Waals surface area contributed by atoms with Crippen molar-refractivity contribution in [1.29, 1.82) is 5.26 Å². The van der Waals surface area contributed by atoms with E-state index in [9.17, 15) is 20.3 Å². The van der Waals surface area contributed by atoms with Crippen LogP contribution in [0.15, 0.2) is 42.5 Å². The van der Waals surface area contributed by atoms with Gasteiger partial charge < -0.3 is 20.6 Å². The molecule has 0 atom stereocenters. The second kappa shape index (κ2) is 8.22. The summed E-state index contributed by atoms with van der Waals surface area (Å²) in [5, 5.41) is 39.4. The van der Waals surface area contributed by atoms with Crippen LogP contribution in [0.1, 0.15) is 39.8 Å². The molecule has 0 heterocycles. The number of hydrogen-bond donors (Lipinski definition) is 4. The number of nitrogens with one attached hydrogen (secondary N) is 1. The summed E-state index contributed by atoms with van der Waals surface area (Å²) in [5.41, 5.74) is 1.92. The van der Waals surface area contributed by atoms with Crippen molar-refractivity contribution in [2.45, 2.75) is 19.1 Å². The van der Waals surface area contributed by atoms with Gasteiger partial charge in [-0.25, -0.2) is 0 Å². The fraction of sp³-hybridized carbons (Fsp3) is 0.222. The highest BCUT2D eigenvalue weighted by Gasteiger charge is 2.15. The van der Waals surface area contributed by atoms with Gasteiger partial charge in [0.15, 0.2) is 6.29 Å². The number of aliphatic hydroxyl groups is 3. The molecule has 0 aliphatic rings. The molecule has 6 nitrogen and oxygen atoms in total. The molecular weight excluding hydrogens is 308 g/mol. The smallest absolute Gasteiger partial charge is 0.256 e. The first kappa shape index (κ1) is 17.6. The Labute approximate surface area is 139 Å². The van der Waals surface area contributed by atoms with Gasteiger partial charge in [0, 0.05) is 23.4 Å². The van der Waals surface area contributed by atoms with E-state index in [4.69, 9.17) is 5.11 Å². The Morgan fingerprint density at radius 3 is 2.62 bits per heavy atom. The highest BCUT2D eigenvalue weighted by atomic mass is 16.5. The molecule has 0 spiro atoms. The maximum absolute atomic E-state index is 12.3. The van der Waals surface area contributed by atoms with E-state index in [2.05, 4.69) is 11.4 Å². The summed E-state index contributed by atoms with van der Waals surface area (Å²) in [7, 11) is 0. The molecule has 0 fully saturated rings. The maximum atomic E-state index is 12.3. The van der Waals surface area contributed by atoms with Crippen molar-refractivity contribution in [3.8, 4) is 6.07 Å². The molecule has 0 saturated heterocycles. The molecular formula is C18H18N2O4. The molecule has 2 rings (SSSR count). The predicted octanol–water partition coefficient (Wildman–Crippen LogP) is 1.72. The summed E-state index contributed by atoms with van der Waals surface area (Å²) >= 11 is 0. The molecule has 0 aliphatic heterocycles. The number of nitrogens with zero attached hydrogens (tertiary/aromatic N) is 1. The van der Waals surface area contributed by atoms with Crippen molar-refractivity contribution in [2.75, 3.05) is 11.9 Å². The monoisotopic (exact) mass is 326 g/mol. The summed E-state index contributed by atoms with van der Waals surface area (Å²) in [5.74, 6) is -0.495. The van der Waals surface area contributed by atoms with Crippen LogP contribution in [0.25, 0.3) is 0 Å². The van der Waals surface area contributed by atoms with E-state index in [1.165, 1.54) is 12.1 Å². The number of anilines is 1. The second-order valence-corrected chi connectivity index (χ2v) is 5.23. The van der Waals surface area contributed by atoms with Gasteiger partial charge in [-0.05, 0) is 36.6 Å². The minimum Gasteiger partial charge on any atom is -0.396 e. The molecule has 0 radical (unpaired) electrons. The molecule has 24 heavy (non-hydrogen) atoms. The number of amides is 1. The van der Waals surface area contributed by atoms with Gasteiger partial charge in [-0.15, -0.1) is 0 Å². The first-order chi connectivity index (χ1) is 11.6. The minimum atomic E-state index is -1.75. The molecule has 2 aromatic carbocycles. The van der Waals surface area contributed by atoms with E-state index in [0.717, 1.165) is 5.56 Å². The van der Waals surface area contributed by atoms with E-state index in [0.29, 0.717) is 24.1 Å². The van der Waals surface area contributed by atoms with Crippen LogP contribution in [0.5, 0.6) is 0 Å². The van der Waals surface area contributed by atoms with E-state index in [1.54, 1.807) is 30.3 Å². The van der Waals surface area contributed by atoms with Gasteiger partial charge >= 0.3 is 0 Å². The first-order valence-electron chi connectivity index (χ1n) is 7.47. The normalized spacial score (nSPS) is 10.5. The molecule has 0 unspecified atom stereocenters. The highest BCUT2D eigenvalue weighted by Crippen LogP contribution is 2.20. The van der Waals surface area contributed by atoms with Gasteiger partial charge in [0.25, 0.3) is 5.91 Å². The summed E-state index contributed by atoms with van der Waals surface area (Å²) in [4.78, 5) is 12.3. The van der Waals surface area contributed by atoms with Crippen LogP contribution in [0.4, 0.5) is 5.69 Å². The first-order valence-corrected chi connectivity index (χ1v) is 7.47. The number of rotatable bonds is 6. The molecule has 0 aromatic heterocycles. The number of aryl methyl sites for hydroxylation is 1. The highest BCUT2D eigenvalue weighted by molar-refractivity contribution is 6.05. The number of aliphatic hydroxyl groups excluding tert-OH is 2. The third-order valence-corrected chi connectivity index (χ3v) is 3.58. The Hall–Kier alpha value is -2.72. The lowest BCUT2D eigenvalue weighted by atomic mass is 10.0. The topological polar surface area (TPSA) is 114 Å². The van der Waals surface area contributed by atoms with E-state index >= 15 is 0 Å². The number of nitriles is 1. The van der Waals surface area contributed by atoms with Gasteiger partial charge in [-0.1, -0.05) is 24.3 Å². The Balaban J connectivity index is 2.22. The second-order valence-electron chi connectivity index (χ2n) is 5.23. The van der Waals surface area contributed by atoms with Crippen molar-refractivity contribution in [2.24, 2.45) is 0 Å². The van der Waals surface area contributed by atoms with Crippen LogP contribution in [-0.2, 0) is 6.42 Å². The lowest BCUT2D eigenvalue weighted by Gasteiger charge is -2.12. The zero-order chi connectivity index (χ0) is 17.5. The molecule has 6 heteroatoms. The standard InChI is InChI=1S/C18H18N2O4/c19-11-13-10-14(8-7-12(13)4-3-9-21)20-17(22)15-5-1-2-6-16(15)18(23)24/h1-2,5-8,10,18,21,23-24H,3-4,9H2,(H,20,22).